The molecule has 0 unspecified atom stereocenters. The summed E-state index contributed by atoms with van der Waals surface area (Å²) in [6.07, 6.45) is 0.910. The molecule has 0 aliphatic carbocycles. The van der Waals surface area contributed by atoms with Crippen LogP contribution in [0.4, 0.5) is 5.95 Å². The third kappa shape index (κ3) is 3.28. The number of nitrogens with zero attached hydrogens (tertiary/aromatic N) is 7. The number of carbonyl (C=O) groups is 1. The predicted octanol–water partition coefficient (Wildman–Crippen LogP) is 1.22. The van der Waals surface area contributed by atoms with Crippen LogP contribution in [0.25, 0.3) is 5.69 Å². The Balaban J connectivity index is 1.48. The smallest absolute Gasteiger partial charge is 0.248 e. The van der Waals surface area contributed by atoms with Crippen molar-refractivity contribution >= 4 is 11.9 Å². The van der Waals surface area contributed by atoms with Gasteiger partial charge in [-0.3, -0.25) is 9.48 Å². The van der Waals surface area contributed by atoms with Crippen LogP contribution in [0.3, 0.4) is 0 Å². The molecule has 0 radical (unpaired) electrons. The van der Waals surface area contributed by atoms with Crippen LogP contribution in [0.5, 0.6) is 0 Å². The number of tetrazole rings is 1. The number of para-hydroxylation sites is 1. The van der Waals surface area contributed by atoms with Crippen LogP contribution < -0.4 is 5.32 Å². The minimum Gasteiger partial charge on any atom is -0.347 e. The highest BCUT2D eigenvalue weighted by Gasteiger charge is 2.18. The van der Waals surface area contributed by atoms with Crippen molar-refractivity contribution in [2.45, 2.75) is 33.0 Å². The van der Waals surface area contributed by atoms with E-state index in [0.29, 0.717) is 19.0 Å². The molecule has 1 aliphatic heterocycles. The van der Waals surface area contributed by atoms with Crippen molar-refractivity contribution in [3.63, 3.8) is 0 Å². The fourth-order valence-corrected chi connectivity index (χ4v) is 3.09. The highest BCUT2D eigenvalue weighted by Crippen LogP contribution is 2.16. The zero-order valence-corrected chi connectivity index (χ0v) is 14.5. The quantitative estimate of drug-likeness (QED) is 0.759. The Morgan fingerprint density at radius 3 is 2.88 bits per heavy atom. The van der Waals surface area contributed by atoms with E-state index in [2.05, 4.69) is 25.9 Å². The predicted molar refractivity (Wildman–Crippen MR) is 94.4 cm³/mol. The average molecular weight is 352 g/mol. The average Bonchev–Trinajstić information content (AvgIpc) is 3.22. The minimum absolute atomic E-state index is 0.0985. The number of aromatic nitrogens is 6. The summed E-state index contributed by atoms with van der Waals surface area (Å²) in [6, 6.07) is 11.7. The highest BCUT2D eigenvalue weighted by atomic mass is 16.2. The zero-order valence-electron chi connectivity index (χ0n) is 14.5. The lowest BCUT2D eigenvalue weighted by Gasteiger charge is -2.17. The third-order valence-electron chi connectivity index (χ3n) is 4.41. The molecule has 1 amide bonds. The molecule has 0 spiro atoms. The van der Waals surface area contributed by atoms with E-state index in [1.165, 1.54) is 0 Å². The van der Waals surface area contributed by atoms with E-state index in [-0.39, 0.29) is 5.91 Å². The van der Waals surface area contributed by atoms with E-state index in [9.17, 15) is 4.79 Å². The van der Waals surface area contributed by atoms with Crippen molar-refractivity contribution in [3.05, 3.63) is 47.8 Å². The van der Waals surface area contributed by atoms with Crippen LogP contribution in [0, 0.1) is 0 Å². The van der Waals surface area contributed by atoms with Gasteiger partial charge in [-0.2, -0.15) is 9.78 Å². The van der Waals surface area contributed by atoms with Crippen molar-refractivity contribution in [1.82, 2.24) is 34.9 Å². The van der Waals surface area contributed by atoms with Gasteiger partial charge in [-0.1, -0.05) is 23.3 Å². The van der Waals surface area contributed by atoms with E-state index in [1.54, 1.807) is 11.6 Å². The number of amides is 1. The standard InChI is InChI=1S/C17H20N8O/c1-13(26)23-8-5-9-24-16(12-23)10-14(20-24)11-18-17-19-21-22-25(17)15-6-3-2-4-7-15/h2-4,6-7,10H,5,8-9,11-12H2,1H3,(H,18,19,22). The van der Waals surface area contributed by atoms with Gasteiger partial charge in [0.1, 0.15) is 0 Å². The fraction of sp³-hybridized carbons (Fsp3) is 0.353. The van der Waals surface area contributed by atoms with Crippen LogP contribution in [-0.2, 0) is 24.4 Å². The molecule has 0 bridgehead atoms. The minimum atomic E-state index is 0.0985. The highest BCUT2D eigenvalue weighted by molar-refractivity contribution is 5.73. The largest absolute Gasteiger partial charge is 0.347 e. The molecule has 9 nitrogen and oxygen atoms in total. The van der Waals surface area contributed by atoms with Crippen LogP contribution in [0.15, 0.2) is 36.4 Å². The fourth-order valence-electron chi connectivity index (χ4n) is 3.09. The van der Waals surface area contributed by atoms with Gasteiger partial charge in [0.05, 0.1) is 30.2 Å². The summed E-state index contributed by atoms with van der Waals surface area (Å²) in [7, 11) is 0. The van der Waals surface area contributed by atoms with Gasteiger partial charge in [-0.25, -0.2) is 0 Å². The van der Waals surface area contributed by atoms with Crippen LogP contribution >= 0.6 is 0 Å². The Kier molecular flexibility index (Phi) is 4.34. The van der Waals surface area contributed by atoms with Gasteiger partial charge in [0.15, 0.2) is 0 Å². The molecule has 0 saturated carbocycles. The molecule has 1 N–H and O–H groups in total. The molecule has 4 rings (SSSR count). The van der Waals surface area contributed by atoms with E-state index < -0.39 is 0 Å². The first kappa shape index (κ1) is 16.2. The molecule has 3 heterocycles. The zero-order chi connectivity index (χ0) is 17.9. The Morgan fingerprint density at radius 2 is 2.08 bits per heavy atom. The molecule has 0 saturated heterocycles. The number of rotatable bonds is 4. The number of fused-ring (bicyclic) bond motifs is 1. The summed E-state index contributed by atoms with van der Waals surface area (Å²) in [5, 5.41) is 19.7. The summed E-state index contributed by atoms with van der Waals surface area (Å²) in [5.74, 6) is 0.658. The molecule has 134 valence electrons. The summed E-state index contributed by atoms with van der Waals surface area (Å²) in [5.41, 5.74) is 2.84. The Hall–Kier alpha value is -3.23. The summed E-state index contributed by atoms with van der Waals surface area (Å²) in [4.78, 5) is 13.5. The van der Waals surface area contributed by atoms with Crippen molar-refractivity contribution in [2.75, 3.05) is 11.9 Å². The van der Waals surface area contributed by atoms with Gasteiger partial charge >= 0.3 is 0 Å². The number of anilines is 1. The molecule has 0 fully saturated rings. The van der Waals surface area contributed by atoms with Gasteiger partial charge in [-0.05, 0) is 35.0 Å². The maximum absolute atomic E-state index is 11.7. The molecule has 9 heteroatoms. The molecule has 1 aliphatic rings. The normalized spacial score (nSPS) is 14.0. The van der Waals surface area contributed by atoms with Gasteiger partial charge in [-0.15, -0.1) is 0 Å². The lowest BCUT2D eigenvalue weighted by Crippen LogP contribution is -2.28. The number of hydrogen-bond acceptors (Lipinski definition) is 6. The van der Waals surface area contributed by atoms with Gasteiger partial charge in [0.25, 0.3) is 0 Å². The molecular weight excluding hydrogens is 332 g/mol. The number of nitrogens with one attached hydrogen (secondary N) is 1. The molecule has 3 aromatic rings. The van der Waals surface area contributed by atoms with Crippen molar-refractivity contribution < 1.29 is 4.79 Å². The number of aryl methyl sites for hydroxylation is 1. The summed E-state index contributed by atoms with van der Waals surface area (Å²) >= 11 is 0. The van der Waals surface area contributed by atoms with E-state index in [0.717, 1.165) is 36.6 Å². The van der Waals surface area contributed by atoms with Crippen LogP contribution in [-0.4, -0.2) is 47.3 Å². The molecule has 1 aromatic carbocycles. The number of benzene rings is 1. The Labute approximate surface area is 150 Å². The van der Waals surface area contributed by atoms with Crippen molar-refractivity contribution in [3.8, 4) is 5.69 Å². The summed E-state index contributed by atoms with van der Waals surface area (Å²) in [6.45, 7) is 4.31. The lowest BCUT2D eigenvalue weighted by atomic mass is 10.3. The second-order valence-corrected chi connectivity index (χ2v) is 6.25. The first-order valence-corrected chi connectivity index (χ1v) is 8.59. The SMILES string of the molecule is CC(=O)N1CCCn2nc(CNc3nnnn3-c3ccccc3)cc2C1. The maximum atomic E-state index is 11.7. The first-order valence-electron chi connectivity index (χ1n) is 8.59. The summed E-state index contributed by atoms with van der Waals surface area (Å²) < 4.78 is 3.64. The van der Waals surface area contributed by atoms with Crippen molar-refractivity contribution in [1.29, 1.82) is 0 Å². The van der Waals surface area contributed by atoms with Crippen LogP contribution in [0.1, 0.15) is 24.7 Å². The number of hydrogen-bond donors (Lipinski definition) is 1. The second-order valence-electron chi connectivity index (χ2n) is 6.25. The topological polar surface area (TPSA) is 93.8 Å². The van der Waals surface area contributed by atoms with Gasteiger partial charge in [0.2, 0.25) is 11.9 Å². The molecule has 2 aromatic heterocycles. The first-order chi connectivity index (χ1) is 12.7. The monoisotopic (exact) mass is 352 g/mol. The molecule has 0 atom stereocenters. The lowest BCUT2D eigenvalue weighted by molar-refractivity contribution is -0.129. The van der Waals surface area contributed by atoms with Crippen molar-refractivity contribution in [2.24, 2.45) is 0 Å². The number of carbonyl (C=O) groups excluding carboxylic acids is 1. The van der Waals surface area contributed by atoms with E-state index >= 15 is 0 Å². The maximum Gasteiger partial charge on any atom is 0.248 e. The van der Waals surface area contributed by atoms with Crippen LogP contribution in [0.2, 0.25) is 0 Å². The van der Waals surface area contributed by atoms with E-state index in [4.69, 9.17) is 0 Å². The Bertz CT molecular complexity index is 901. The van der Waals surface area contributed by atoms with Gasteiger partial charge < -0.3 is 10.2 Å². The van der Waals surface area contributed by atoms with Gasteiger partial charge in [0, 0.05) is 20.0 Å². The molecule has 26 heavy (non-hydrogen) atoms. The molecular formula is C17H20N8O. The van der Waals surface area contributed by atoms with E-state index in [1.807, 2.05) is 46.0 Å². The Morgan fingerprint density at radius 1 is 1.23 bits per heavy atom. The second kappa shape index (κ2) is 6.95. The third-order valence-corrected chi connectivity index (χ3v) is 4.41.